The van der Waals surface area contributed by atoms with E-state index in [4.69, 9.17) is 9.72 Å². The number of benzene rings is 1. The summed E-state index contributed by atoms with van der Waals surface area (Å²) in [4.78, 5) is 22.2. The van der Waals surface area contributed by atoms with E-state index in [1.165, 1.54) is 0 Å². The van der Waals surface area contributed by atoms with Crippen LogP contribution in [0.3, 0.4) is 0 Å². The summed E-state index contributed by atoms with van der Waals surface area (Å²) in [6, 6.07) is 10.2. The fraction of sp³-hybridized carbons (Fsp3) is 0.524. The fourth-order valence-electron chi connectivity index (χ4n) is 4.40. The molecule has 144 valence electrons. The molecule has 0 atom stereocenters. The molecule has 2 aliphatic rings. The van der Waals surface area contributed by atoms with Crippen LogP contribution in [0.25, 0.3) is 10.9 Å². The quantitative estimate of drug-likeness (QED) is 0.898. The van der Waals surface area contributed by atoms with Crippen LogP contribution >= 0.6 is 0 Å². The largest absolute Gasteiger partial charge is 0.494 e. The van der Waals surface area contributed by atoms with Gasteiger partial charge in [0.25, 0.3) is 0 Å². The Labute approximate surface area is 160 Å². The number of nitrogens with one attached hydrogen (secondary N) is 1. The lowest BCUT2D eigenvalue weighted by Crippen LogP contribution is -2.60. The normalized spacial score (nSPS) is 21.2. The van der Waals surface area contributed by atoms with Crippen molar-refractivity contribution in [2.75, 3.05) is 40.3 Å². The zero-order valence-electron chi connectivity index (χ0n) is 16.2. The number of hydrogen-bond donors (Lipinski definition) is 1. The Kier molecular flexibility index (Phi) is 5.02. The van der Waals surface area contributed by atoms with Gasteiger partial charge < -0.3 is 10.1 Å². The van der Waals surface area contributed by atoms with Crippen molar-refractivity contribution >= 4 is 16.8 Å². The predicted molar refractivity (Wildman–Crippen MR) is 106 cm³/mol. The summed E-state index contributed by atoms with van der Waals surface area (Å²) in [6.45, 7) is 4.38. The highest BCUT2D eigenvalue weighted by atomic mass is 16.5. The minimum absolute atomic E-state index is 0.204. The smallest absolute Gasteiger partial charge is 0.240 e. The van der Waals surface area contributed by atoms with Crippen molar-refractivity contribution in [1.29, 1.82) is 0 Å². The second-order valence-corrected chi connectivity index (χ2v) is 7.67. The maximum absolute atomic E-state index is 12.7. The molecule has 0 saturated carbocycles. The average molecular weight is 368 g/mol. The van der Waals surface area contributed by atoms with Gasteiger partial charge in [-0.2, -0.15) is 0 Å². The molecule has 1 amide bonds. The van der Waals surface area contributed by atoms with Crippen LogP contribution in [-0.4, -0.2) is 66.6 Å². The first-order chi connectivity index (χ1) is 13.1. The summed E-state index contributed by atoms with van der Waals surface area (Å²) in [5, 5.41) is 4.20. The van der Waals surface area contributed by atoms with E-state index in [2.05, 4.69) is 40.4 Å². The van der Waals surface area contributed by atoms with E-state index in [1.807, 2.05) is 12.1 Å². The van der Waals surface area contributed by atoms with E-state index in [0.717, 1.165) is 74.3 Å². The standard InChI is InChI=1S/C21H28N4O2/c1-24-12-4-11-22-20(26)21(24)9-13-25(14-10-21)15-17-8-7-16-5-3-6-18(27-2)19(16)23-17/h3,5-8H,4,9-15H2,1-2H3,(H,22,26). The molecule has 2 aromatic rings. The van der Waals surface area contributed by atoms with Gasteiger partial charge in [-0.15, -0.1) is 0 Å². The Morgan fingerprint density at radius 3 is 2.78 bits per heavy atom. The van der Waals surface area contributed by atoms with Crippen molar-refractivity contribution in [3.8, 4) is 5.75 Å². The van der Waals surface area contributed by atoms with Gasteiger partial charge in [-0.05, 0) is 38.4 Å². The fourth-order valence-corrected chi connectivity index (χ4v) is 4.40. The Hall–Kier alpha value is -2.18. The number of para-hydroxylation sites is 1. The van der Waals surface area contributed by atoms with Crippen LogP contribution in [0.2, 0.25) is 0 Å². The third-order valence-electron chi connectivity index (χ3n) is 6.14. The molecule has 2 saturated heterocycles. The molecule has 0 bridgehead atoms. The van der Waals surface area contributed by atoms with Crippen molar-refractivity contribution in [2.24, 2.45) is 0 Å². The van der Waals surface area contributed by atoms with Crippen LogP contribution in [0.5, 0.6) is 5.75 Å². The number of ether oxygens (including phenoxy) is 1. The van der Waals surface area contributed by atoms with Gasteiger partial charge in [0, 0.05) is 38.1 Å². The number of aromatic nitrogens is 1. The maximum atomic E-state index is 12.7. The lowest BCUT2D eigenvalue weighted by Gasteiger charge is -2.44. The first-order valence-corrected chi connectivity index (χ1v) is 9.77. The molecule has 2 aliphatic heterocycles. The Morgan fingerprint density at radius 2 is 2.00 bits per heavy atom. The minimum Gasteiger partial charge on any atom is -0.494 e. The Bertz CT molecular complexity index is 830. The van der Waals surface area contributed by atoms with Crippen LogP contribution in [0.1, 0.15) is 25.0 Å². The van der Waals surface area contributed by atoms with E-state index < -0.39 is 0 Å². The van der Waals surface area contributed by atoms with Crippen molar-refractivity contribution in [1.82, 2.24) is 20.1 Å². The number of methoxy groups -OCH3 is 1. The molecule has 27 heavy (non-hydrogen) atoms. The van der Waals surface area contributed by atoms with E-state index in [9.17, 15) is 4.79 Å². The molecule has 1 aromatic heterocycles. The third-order valence-corrected chi connectivity index (χ3v) is 6.14. The summed E-state index contributed by atoms with van der Waals surface area (Å²) in [7, 11) is 3.78. The molecule has 1 aromatic carbocycles. The lowest BCUT2D eigenvalue weighted by molar-refractivity contribution is -0.134. The van der Waals surface area contributed by atoms with Gasteiger partial charge in [0.2, 0.25) is 5.91 Å². The SMILES string of the molecule is COc1cccc2ccc(CN3CCC4(CC3)C(=O)NCCCN4C)nc12. The van der Waals surface area contributed by atoms with Gasteiger partial charge in [0.1, 0.15) is 16.8 Å². The molecule has 1 N–H and O–H groups in total. The number of likely N-dealkylation sites (N-methyl/N-ethyl adjacent to an activating group) is 1. The van der Waals surface area contributed by atoms with Crippen molar-refractivity contribution < 1.29 is 9.53 Å². The number of pyridine rings is 1. The second kappa shape index (κ2) is 7.44. The van der Waals surface area contributed by atoms with Gasteiger partial charge >= 0.3 is 0 Å². The number of carbonyl (C=O) groups excluding carboxylic acids is 1. The lowest BCUT2D eigenvalue weighted by atomic mass is 9.85. The van der Waals surface area contributed by atoms with Crippen molar-refractivity contribution in [3.05, 3.63) is 36.0 Å². The second-order valence-electron chi connectivity index (χ2n) is 7.67. The average Bonchev–Trinajstić information content (AvgIpc) is 2.83. The van der Waals surface area contributed by atoms with Gasteiger partial charge in [-0.25, -0.2) is 4.98 Å². The van der Waals surface area contributed by atoms with E-state index in [-0.39, 0.29) is 11.4 Å². The predicted octanol–water partition coefficient (Wildman–Crippen LogP) is 2.03. The molecule has 0 unspecified atom stereocenters. The number of piperidine rings is 1. The molecule has 3 heterocycles. The molecule has 0 aliphatic carbocycles. The zero-order valence-corrected chi connectivity index (χ0v) is 16.2. The van der Waals surface area contributed by atoms with Crippen LogP contribution in [-0.2, 0) is 11.3 Å². The summed E-state index contributed by atoms with van der Waals surface area (Å²) in [5.41, 5.74) is 1.61. The molecule has 0 radical (unpaired) electrons. The molecular formula is C21H28N4O2. The van der Waals surface area contributed by atoms with E-state index >= 15 is 0 Å². The number of rotatable bonds is 3. The molecule has 6 nitrogen and oxygen atoms in total. The van der Waals surface area contributed by atoms with E-state index in [1.54, 1.807) is 7.11 Å². The van der Waals surface area contributed by atoms with Gasteiger partial charge in [-0.1, -0.05) is 18.2 Å². The van der Waals surface area contributed by atoms with Crippen LogP contribution in [0.15, 0.2) is 30.3 Å². The third kappa shape index (κ3) is 3.39. The first kappa shape index (κ1) is 18.2. The summed E-state index contributed by atoms with van der Waals surface area (Å²) in [5.74, 6) is 1.01. The van der Waals surface area contributed by atoms with Gasteiger partial charge in [0.15, 0.2) is 0 Å². The van der Waals surface area contributed by atoms with Crippen molar-refractivity contribution in [2.45, 2.75) is 31.3 Å². The number of fused-ring (bicyclic) bond motifs is 1. The van der Waals surface area contributed by atoms with Crippen LogP contribution in [0, 0.1) is 0 Å². The van der Waals surface area contributed by atoms with Crippen LogP contribution in [0.4, 0.5) is 0 Å². The number of likely N-dealkylation sites (tertiary alicyclic amines) is 1. The monoisotopic (exact) mass is 368 g/mol. The van der Waals surface area contributed by atoms with Gasteiger partial charge in [0.05, 0.1) is 12.8 Å². The molecule has 2 fully saturated rings. The molecule has 1 spiro atoms. The number of nitrogens with zero attached hydrogens (tertiary/aromatic N) is 3. The minimum atomic E-state index is -0.340. The summed E-state index contributed by atoms with van der Waals surface area (Å²) < 4.78 is 5.46. The van der Waals surface area contributed by atoms with Crippen molar-refractivity contribution in [3.63, 3.8) is 0 Å². The Balaban J connectivity index is 1.48. The maximum Gasteiger partial charge on any atom is 0.240 e. The summed E-state index contributed by atoms with van der Waals surface area (Å²) >= 11 is 0. The highest BCUT2D eigenvalue weighted by Gasteiger charge is 2.45. The van der Waals surface area contributed by atoms with Gasteiger partial charge in [-0.3, -0.25) is 14.6 Å². The Morgan fingerprint density at radius 1 is 1.19 bits per heavy atom. The zero-order chi connectivity index (χ0) is 18.9. The van der Waals surface area contributed by atoms with E-state index in [0.29, 0.717) is 0 Å². The number of amides is 1. The molecule has 6 heteroatoms. The molecular weight excluding hydrogens is 340 g/mol. The highest BCUT2D eigenvalue weighted by molar-refractivity contribution is 5.87. The topological polar surface area (TPSA) is 57.7 Å². The number of carbonyl (C=O) groups is 1. The molecule has 4 rings (SSSR count). The highest BCUT2D eigenvalue weighted by Crippen LogP contribution is 2.31. The first-order valence-electron chi connectivity index (χ1n) is 9.77. The summed E-state index contributed by atoms with van der Waals surface area (Å²) in [6.07, 6.45) is 2.76. The number of hydrogen-bond acceptors (Lipinski definition) is 5. The van der Waals surface area contributed by atoms with Crippen LogP contribution < -0.4 is 10.1 Å².